The summed E-state index contributed by atoms with van der Waals surface area (Å²) in [6, 6.07) is 24.8. The Balaban J connectivity index is 1.46. The Kier molecular flexibility index (Phi) is 6.31. The molecule has 1 fully saturated rings. The Morgan fingerprint density at radius 1 is 0.947 bits per heavy atom. The molecule has 6 rings (SSSR count). The SMILES string of the molecule is Cc1c(C=Nn2c(-c3ccccc3)nc3ccccc3c2=O)c2ccccc2n1CC(=O)N1CCOCC1. The van der Waals surface area contributed by atoms with Gasteiger partial charge >= 0.3 is 0 Å². The van der Waals surface area contributed by atoms with Gasteiger partial charge < -0.3 is 14.2 Å². The smallest absolute Gasteiger partial charge is 0.282 e. The number of rotatable bonds is 5. The van der Waals surface area contributed by atoms with E-state index in [1.54, 1.807) is 12.3 Å². The molecule has 5 aromatic rings. The summed E-state index contributed by atoms with van der Waals surface area (Å²) in [5, 5.41) is 6.15. The van der Waals surface area contributed by atoms with Crippen molar-refractivity contribution in [1.82, 2.24) is 19.1 Å². The number of hydrogen-bond acceptors (Lipinski definition) is 5. The third-order valence-corrected chi connectivity index (χ3v) is 7.02. The number of benzene rings is 3. The molecule has 38 heavy (non-hydrogen) atoms. The molecule has 0 aliphatic carbocycles. The fraction of sp³-hybridized carbons (Fsp3) is 0.200. The minimum absolute atomic E-state index is 0.0574. The normalized spacial score (nSPS) is 14.1. The molecule has 8 nitrogen and oxygen atoms in total. The molecule has 1 aliphatic heterocycles. The van der Waals surface area contributed by atoms with Crippen LogP contribution in [0.2, 0.25) is 0 Å². The molecule has 0 spiro atoms. The van der Waals surface area contributed by atoms with Crippen LogP contribution in [0.5, 0.6) is 0 Å². The molecule has 1 amide bonds. The topological polar surface area (TPSA) is 81.7 Å². The molecule has 8 heteroatoms. The first-order chi connectivity index (χ1) is 18.6. The van der Waals surface area contributed by atoms with Crippen LogP contribution < -0.4 is 5.56 Å². The lowest BCUT2D eigenvalue weighted by Gasteiger charge is -2.27. The monoisotopic (exact) mass is 505 g/mol. The molecule has 0 unspecified atom stereocenters. The molecule has 3 heterocycles. The Bertz CT molecular complexity index is 1730. The van der Waals surface area contributed by atoms with Crippen LogP contribution in [-0.2, 0) is 16.1 Å². The molecule has 3 aromatic carbocycles. The zero-order valence-electron chi connectivity index (χ0n) is 21.1. The van der Waals surface area contributed by atoms with Crippen molar-refractivity contribution in [2.24, 2.45) is 5.10 Å². The highest BCUT2D eigenvalue weighted by Gasteiger charge is 2.21. The van der Waals surface area contributed by atoms with E-state index < -0.39 is 0 Å². The number of ether oxygens (including phenoxy) is 1. The van der Waals surface area contributed by atoms with Crippen LogP contribution in [0.25, 0.3) is 33.2 Å². The average molecular weight is 506 g/mol. The van der Waals surface area contributed by atoms with E-state index in [1.165, 1.54) is 4.68 Å². The van der Waals surface area contributed by atoms with Crippen molar-refractivity contribution >= 4 is 33.9 Å². The number of carbonyl (C=O) groups excluding carboxylic acids is 1. The maximum atomic E-state index is 13.6. The van der Waals surface area contributed by atoms with Crippen LogP contribution in [0.3, 0.4) is 0 Å². The standard InChI is InChI=1S/C30H27N5O3/c1-21-25(23-11-6-8-14-27(23)34(21)20-28(36)33-15-17-38-18-16-33)19-31-35-29(22-9-3-2-4-10-22)32-26-13-7-5-12-24(26)30(35)37/h2-14,19H,15-18,20H2,1H3. The number of fused-ring (bicyclic) bond motifs is 2. The first kappa shape index (κ1) is 23.8. The van der Waals surface area contributed by atoms with Gasteiger partial charge in [-0.3, -0.25) is 9.59 Å². The number of hydrogen-bond donors (Lipinski definition) is 0. The second-order valence-electron chi connectivity index (χ2n) is 9.28. The van der Waals surface area contributed by atoms with Crippen LogP contribution in [0, 0.1) is 6.92 Å². The molecule has 0 atom stereocenters. The lowest BCUT2D eigenvalue weighted by atomic mass is 10.1. The molecule has 1 aliphatic rings. The van der Waals surface area contributed by atoms with Crippen molar-refractivity contribution < 1.29 is 9.53 Å². The molecule has 1 saturated heterocycles. The van der Waals surface area contributed by atoms with E-state index in [2.05, 4.69) is 5.10 Å². The van der Waals surface area contributed by atoms with Crippen LogP contribution in [0.4, 0.5) is 0 Å². The van der Waals surface area contributed by atoms with Crippen LogP contribution in [0.1, 0.15) is 11.3 Å². The summed E-state index contributed by atoms with van der Waals surface area (Å²) in [5.41, 5.74) is 3.88. The summed E-state index contributed by atoms with van der Waals surface area (Å²) in [6.45, 7) is 4.54. The van der Waals surface area contributed by atoms with Crippen LogP contribution in [0.15, 0.2) is 88.8 Å². The maximum absolute atomic E-state index is 13.6. The second-order valence-corrected chi connectivity index (χ2v) is 9.28. The van der Waals surface area contributed by atoms with E-state index in [0.717, 1.165) is 27.7 Å². The highest BCUT2D eigenvalue weighted by molar-refractivity contribution is 6.01. The summed E-state index contributed by atoms with van der Waals surface area (Å²) in [7, 11) is 0. The maximum Gasteiger partial charge on any atom is 0.282 e. The predicted octanol–water partition coefficient (Wildman–Crippen LogP) is 4.07. The quantitative estimate of drug-likeness (QED) is 0.337. The number of para-hydroxylation sites is 2. The van der Waals surface area contributed by atoms with E-state index in [9.17, 15) is 9.59 Å². The first-order valence-corrected chi connectivity index (χ1v) is 12.7. The van der Waals surface area contributed by atoms with Gasteiger partial charge in [0.2, 0.25) is 5.91 Å². The Labute approximate surface area is 219 Å². The minimum atomic E-state index is -0.241. The summed E-state index contributed by atoms with van der Waals surface area (Å²) >= 11 is 0. The van der Waals surface area contributed by atoms with Gasteiger partial charge in [-0.1, -0.05) is 60.7 Å². The van der Waals surface area contributed by atoms with E-state index in [1.807, 2.05) is 89.2 Å². The molecular formula is C30H27N5O3. The van der Waals surface area contributed by atoms with Crippen molar-refractivity contribution in [3.63, 3.8) is 0 Å². The van der Waals surface area contributed by atoms with E-state index >= 15 is 0 Å². The molecular weight excluding hydrogens is 478 g/mol. The van der Waals surface area contributed by atoms with Crippen LogP contribution in [-0.4, -0.2) is 57.6 Å². The zero-order valence-corrected chi connectivity index (χ0v) is 21.1. The lowest BCUT2D eigenvalue weighted by Crippen LogP contribution is -2.42. The van der Waals surface area contributed by atoms with Gasteiger partial charge in [0.15, 0.2) is 5.82 Å². The third kappa shape index (κ3) is 4.29. The zero-order chi connectivity index (χ0) is 26.1. The van der Waals surface area contributed by atoms with Crippen molar-refractivity contribution in [3.05, 3.63) is 100 Å². The lowest BCUT2D eigenvalue weighted by molar-refractivity contribution is -0.135. The fourth-order valence-electron chi connectivity index (χ4n) is 4.99. The average Bonchev–Trinajstić information content (AvgIpc) is 3.23. The van der Waals surface area contributed by atoms with Crippen molar-refractivity contribution in [3.8, 4) is 11.4 Å². The first-order valence-electron chi connectivity index (χ1n) is 12.7. The molecule has 0 N–H and O–H groups in total. The number of morpholine rings is 1. The third-order valence-electron chi connectivity index (χ3n) is 7.02. The van der Waals surface area contributed by atoms with Gasteiger partial charge in [-0.05, 0) is 25.1 Å². The van der Waals surface area contributed by atoms with Crippen molar-refractivity contribution in [2.45, 2.75) is 13.5 Å². The van der Waals surface area contributed by atoms with Gasteiger partial charge in [0.25, 0.3) is 5.56 Å². The fourth-order valence-corrected chi connectivity index (χ4v) is 4.99. The van der Waals surface area contributed by atoms with Crippen LogP contribution >= 0.6 is 0 Å². The number of amides is 1. The Hall–Kier alpha value is -4.56. The van der Waals surface area contributed by atoms with E-state index in [4.69, 9.17) is 9.72 Å². The molecule has 2 aromatic heterocycles. The second kappa shape index (κ2) is 10.1. The summed E-state index contributed by atoms with van der Waals surface area (Å²) in [4.78, 5) is 33.3. The van der Waals surface area contributed by atoms with Crippen molar-refractivity contribution in [2.75, 3.05) is 26.3 Å². The van der Waals surface area contributed by atoms with Gasteiger partial charge in [0.1, 0.15) is 6.54 Å². The van der Waals surface area contributed by atoms with Gasteiger partial charge in [0, 0.05) is 40.8 Å². The van der Waals surface area contributed by atoms with Gasteiger partial charge in [-0.15, -0.1) is 0 Å². The number of nitrogens with zero attached hydrogens (tertiary/aromatic N) is 5. The molecule has 190 valence electrons. The summed E-state index contributed by atoms with van der Waals surface area (Å²) in [5.74, 6) is 0.524. The molecule has 0 saturated carbocycles. The van der Waals surface area contributed by atoms with Gasteiger partial charge in [-0.25, -0.2) is 4.98 Å². The minimum Gasteiger partial charge on any atom is -0.378 e. The van der Waals surface area contributed by atoms with E-state index in [0.29, 0.717) is 43.0 Å². The molecule has 0 radical (unpaired) electrons. The molecule has 0 bridgehead atoms. The Morgan fingerprint density at radius 3 is 2.42 bits per heavy atom. The highest BCUT2D eigenvalue weighted by atomic mass is 16.5. The summed E-state index contributed by atoms with van der Waals surface area (Å²) < 4.78 is 8.78. The van der Waals surface area contributed by atoms with E-state index in [-0.39, 0.29) is 18.0 Å². The summed E-state index contributed by atoms with van der Waals surface area (Å²) in [6.07, 6.45) is 1.71. The number of aromatic nitrogens is 3. The van der Waals surface area contributed by atoms with Gasteiger partial charge in [-0.2, -0.15) is 9.78 Å². The van der Waals surface area contributed by atoms with Gasteiger partial charge in [0.05, 0.1) is 30.3 Å². The Morgan fingerprint density at radius 2 is 1.63 bits per heavy atom. The predicted molar refractivity (Wildman–Crippen MR) is 149 cm³/mol. The highest BCUT2D eigenvalue weighted by Crippen LogP contribution is 2.25. The van der Waals surface area contributed by atoms with Crippen molar-refractivity contribution in [1.29, 1.82) is 0 Å². The number of carbonyl (C=O) groups is 1. The largest absolute Gasteiger partial charge is 0.378 e.